The molecule has 0 unspecified atom stereocenters. The average Bonchev–Trinajstić information content (AvgIpc) is 2.78. The summed E-state index contributed by atoms with van der Waals surface area (Å²) in [5.41, 5.74) is 1.05. The first-order valence-electron chi connectivity index (χ1n) is 10.2. The lowest BCUT2D eigenvalue weighted by Crippen LogP contribution is -2.41. The van der Waals surface area contributed by atoms with E-state index in [9.17, 15) is 27.6 Å². The Kier molecular flexibility index (Phi) is 6.04. The van der Waals surface area contributed by atoms with E-state index in [0.29, 0.717) is 16.5 Å². The molecular weight excluding hydrogens is 437 g/mol. The number of nitrogens with zero attached hydrogens (tertiary/aromatic N) is 1. The molecule has 0 saturated carbocycles. The second-order valence-electron chi connectivity index (χ2n) is 7.51. The van der Waals surface area contributed by atoms with Crippen LogP contribution in [0.1, 0.15) is 39.1 Å². The van der Waals surface area contributed by atoms with Crippen LogP contribution in [0.15, 0.2) is 60.7 Å². The summed E-state index contributed by atoms with van der Waals surface area (Å²) in [7, 11) is 0. The predicted molar refractivity (Wildman–Crippen MR) is 114 cm³/mol. The molecule has 3 aromatic carbocycles. The van der Waals surface area contributed by atoms with Gasteiger partial charge < -0.3 is 10.1 Å². The van der Waals surface area contributed by atoms with Crippen LogP contribution in [-0.2, 0) is 11.3 Å². The zero-order chi connectivity index (χ0) is 23.6. The number of para-hydroxylation sites is 1. The monoisotopic (exact) mass is 456 g/mol. The van der Waals surface area contributed by atoms with Gasteiger partial charge in [-0.3, -0.25) is 19.3 Å². The number of carbonyl (C=O) groups excluding carboxylic acids is 3. The lowest BCUT2D eigenvalue weighted by molar-refractivity contribution is -0.274. The van der Waals surface area contributed by atoms with E-state index in [-0.39, 0.29) is 37.2 Å². The Morgan fingerprint density at radius 3 is 2.18 bits per heavy atom. The molecular formula is C24H19F3N2O4. The van der Waals surface area contributed by atoms with E-state index in [1.165, 1.54) is 24.3 Å². The summed E-state index contributed by atoms with van der Waals surface area (Å²) in [6, 6.07) is 16.0. The van der Waals surface area contributed by atoms with Crippen molar-refractivity contribution < 1.29 is 32.3 Å². The molecule has 6 nitrogen and oxygen atoms in total. The number of halogens is 3. The molecule has 1 N–H and O–H groups in total. The average molecular weight is 456 g/mol. The standard InChI is InChI=1S/C24H19F3N2O4/c25-24(26,27)33-19-11-2-1-6-16(19)14-28-20(30)12-5-13-29-22(31)17-9-3-7-15-8-4-10-18(21(15)17)23(29)32/h1-4,6-11H,5,12-14H2,(H,28,30). The third-order valence-electron chi connectivity index (χ3n) is 5.32. The van der Waals surface area contributed by atoms with Crippen molar-refractivity contribution in [3.05, 3.63) is 77.4 Å². The second kappa shape index (κ2) is 8.93. The number of hydrogen-bond acceptors (Lipinski definition) is 4. The molecule has 0 saturated heterocycles. The molecule has 1 heterocycles. The van der Waals surface area contributed by atoms with Crippen molar-refractivity contribution in [2.45, 2.75) is 25.7 Å². The minimum atomic E-state index is -4.84. The molecule has 33 heavy (non-hydrogen) atoms. The Labute approximate surface area is 186 Å². The summed E-state index contributed by atoms with van der Waals surface area (Å²) in [6.07, 6.45) is -4.63. The highest BCUT2D eigenvalue weighted by molar-refractivity contribution is 6.25. The third kappa shape index (κ3) is 4.82. The van der Waals surface area contributed by atoms with Crippen LogP contribution in [0.2, 0.25) is 0 Å². The van der Waals surface area contributed by atoms with Crippen LogP contribution in [0.25, 0.3) is 10.8 Å². The van der Waals surface area contributed by atoms with Gasteiger partial charge in [-0.1, -0.05) is 42.5 Å². The summed E-state index contributed by atoms with van der Waals surface area (Å²) in [6.45, 7) is -0.106. The normalized spacial score (nSPS) is 13.4. The fourth-order valence-electron chi connectivity index (χ4n) is 3.84. The first-order chi connectivity index (χ1) is 15.7. The summed E-state index contributed by atoms with van der Waals surface area (Å²) in [4.78, 5) is 39.0. The van der Waals surface area contributed by atoms with E-state index < -0.39 is 24.1 Å². The van der Waals surface area contributed by atoms with Gasteiger partial charge in [0.25, 0.3) is 11.8 Å². The van der Waals surface area contributed by atoms with E-state index in [1.807, 2.05) is 12.1 Å². The molecule has 1 aliphatic heterocycles. The molecule has 0 radical (unpaired) electrons. The maximum atomic E-state index is 12.9. The number of nitrogens with one attached hydrogen (secondary N) is 1. The number of hydrogen-bond donors (Lipinski definition) is 1. The Hall–Kier alpha value is -3.88. The largest absolute Gasteiger partial charge is 0.573 e. The van der Waals surface area contributed by atoms with Gasteiger partial charge in [0.1, 0.15) is 5.75 Å². The Balaban J connectivity index is 1.35. The van der Waals surface area contributed by atoms with Crippen molar-refractivity contribution in [3.8, 4) is 5.75 Å². The zero-order valence-corrected chi connectivity index (χ0v) is 17.3. The summed E-state index contributed by atoms with van der Waals surface area (Å²) >= 11 is 0. The zero-order valence-electron chi connectivity index (χ0n) is 17.3. The molecule has 3 aromatic rings. The van der Waals surface area contributed by atoms with Gasteiger partial charge in [-0.25, -0.2) is 0 Å². The predicted octanol–water partition coefficient (Wildman–Crippen LogP) is 4.43. The number of amides is 3. The van der Waals surface area contributed by atoms with Crippen molar-refractivity contribution >= 4 is 28.5 Å². The highest BCUT2D eigenvalue weighted by Gasteiger charge is 2.33. The minimum absolute atomic E-state index is 0.00873. The van der Waals surface area contributed by atoms with Crippen LogP contribution in [-0.4, -0.2) is 35.5 Å². The van der Waals surface area contributed by atoms with Crippen molar-refractivity contribution in [1.29, 1.82) is 0 Å². The van der Waals surface area contributed by atoms with Gasteiger partial charge in [-0.2, -0.15) is 0 Å². The minimum Gasteiger partial charge on any atom is -0.405 e. The molecule has 0 aromatic heterocycles. The summed E-state index contributed by atoms with van der Waals surface area (Å²) in [5.74, 6) is -1.63. The smallest absolute Gasteiger partial charge is 0.405 e. The number of ether oxygens (including phenoxy) is 1. The van der Waals surface area contributed by atoms with Crippen molar-refractivity contribution in [2.75, 3.05) is 6.54 Å². The van der Waals surface area contributed by atoms with Gasteiger partial charge >= 0.3 is 6.36 Å². The Bertz CT molecular complexity index is 1190. The van der Waals surface area contributed by atoms with Crippen LogP contribution in [0, 0.1) is 0 Å². The highest BCUT2D eigenvalue weighted by atomic mass is 19.4. The molecule has 0 aliphatic carbocycles. The van der Waals surface area contributed by atoms with Crippen LogP contribution >= 0.6 is 0 Å². The molecule has 170 valence electrons. The summed E-state index contributed by atoms with van der Waals surface area (Å²) < 4.78 is 41.5. The van der Waals surface area contributed by atoms with Crippen molar-refractivity contribution in [3.63, 3.8) is 0 Å². The van der Waals surface area contributed by atoms with E-state index in [1.54, 1.807) is 24.3 Å². The van der Waals surface area contributed by atoms with Gasteiger partial charge in [0.05, 0.1) is 0 Å². The number of alkyl halides is 3. The highest BCUT2D eigenvalue weighted by Crippen LogP contribution is 2.30. The molecule has 0 spiro atoms. The first-order valence-corrected chi connectivity index (χ1v) is 10.2. The fourth-order valence-corrected chi connectivity index (χ4v) is 3.84. The van der Waals surface area contributed by atoms with Gasteiger partial charge in [-0.05, 0) is 30.0 Å². The third-order valence-corrected chi connectivity index (χ3v) is 5.32. The molecule has 9 heteroatoms. The number of benzene rings is 3. The summed E-state index contributed by atoms with van der Waals surface area (Å²) in [5, 5.41) is 3.98. The number of carbonyl (C=O) groups is 3. The van der Waals surface area contributed by atoms with E-state index in [2.05, 4.69) is 10.1 Å². The van der Waals surface area contributed by atoms with Gasteiger partial charge in [0.15, 0.2) is 0 Å². The van der Waals surface area contributed by atoms with Crippen molar-refractivity contribution in [1.82, 2.24) is 10.2 Å². The molecule has 0 bridgehead atoms. The fraction of sp³-hybridized carbons (Fsp3) is 0.208. The van der Waals surface area contributed by atoms with Gasteiger partial charge in [0, 0.05) is 41.6 Å². The maximum Gasteiger partial charge on any atom is 0.573 e. The lowest BCUT2D eigenvalue weighted by atomic mass is 9.94. The topological polar surface area (TPSA) is 75.7 Å². The lowest BCUT2D eigenvalue weighted by Gasteiger charge is -2.27. The molecule has 0 fully saturated rings. The molecule has 3 amide bonds. The Morgan fingerprint density at radius 1 is 0.909 bits per heavy atom. The van der Waals surface area contributed by atoms with Gasteiger partial charge in [0.2, 0.25) is 5.91 Å². The maximum absolute atomic E-state index is 12.9. The van der Waals surface area contributed by atoms with E-state index >= 15 is 0 Å². The van der Waals surface area contributed by atoms with Crippen LogP contribution in [0.4, 0.5) is 13.2 Å². The molecule has 0 atom stereocenters. The SMILES string of the molecule is O=C(CCCN1C(=O)c2cccc3cccc(c23)C1=O)NCc1ccccc1OC(F)(F)F. The first kappa shape index (κ1) is 22.3. The van der Waals surface area contributed by atoms with Gasteiger partial charge in [-0.15, -0.1) is 13.2 Å². The van der Waals surface area contributed by atoms with Crippen LogP contribution in [0.5, 0.6) is 5.75 Å². The second-order valence-corrected chi connectivity index (χ2v) is 7.51. The molecule has 1 aliphatic rings. The van der Waals surface area contributed by atoms with Crippen LogP contribution in [0.3, 0.4) is 0 Å². The quantitative estimate of drug-likeness (QED) is 0.534. The van der Waals surface area contributed by atoms with E-state index in [4.69, 9.17) is 0 Å². The van der Waals surface area contributed by atoms with Crippen molar-refractivity contribution in [2.24, 2.45) is 0 Å². The van der Waals surface area contributed by atoms with E-state index in [0.717, 1.165) is 10.3 Å². The van der Waals surface area contributed by atoms with Crippen LogP contribution < -0.4 is 10.1 Å². The molecule has 4 rings (SSSR count). The number of imide groups is 1. The number of rotatable bonds is 7. The Morgan fingerprint density at radius 2 is 1.55 bits per heavy atom.